The maximum atomic E-state index is 13.8. The van der Waals surface area contributed by atoms with Crippen molar-refractivity contribution in [2.45, 2.75) is 24.8 Å². The summed E-state index contributed by atoms with van der Waals surface area (Å²) in [6.07, 6.45) is 0. The molecule has 150 valence electrons. The summed E-state index contributed by atoms with van der Waals surface area (Å²) < 4.78 is 53.0. The molecule has 1 aromatic rings. The first-order valence-corrected chi connectivity index (χ1v) is 9.92. The summed E-state index contributed by atoms with van der Waals surface area (Å²) in [6.45, 7) is 4.35. The van der Waals surface area contributed by atoms with Crippen LogP contribution in [0.3, 0.4) is 0 Å². The van der Waals surface area contributed by atoms with Gasteiger partial charge in [-0.2, -0.15) is 4.31 Å². The molecule has 0 spiro atoms. The van der Waals surface area contributed by atoms with Crippen molar-refractivity contribution in [1.29, 1.82) is 0 Å². The third kappa shape index (κ3) is 5.68. The Bertz CT molecular complexity index is 809. The fourth-order valence-corrected chi connectivity index (χ4v) is 4.23. The molecule has 1 aliphatic rings. The largest absolute Gasteiger partial charge is 0.336 e. The maximum Gasteiger partial charge on any atom is 0.321 e. The number of rotatable bonds is 5. The lowest BCUT2D eigenvalue weighted by atomic mass is 10.3. The second-order valence-corrected chi connectivity index (χ2v) is 8.49. The van der Waals surface area contributed by atoms with Crippen LogP contribution >= 0.6 is 0 Å². The summed E-state index contributed by atoms with van der Waals surface area (Å²) in [5.74, 6) is -2.46. The minimum atomic E-state index is -4.08. The maximum absolute atomic E-state index is 13.8. The average molecular weight is 405 g/mol. The molecule has 0 saturated carbocycles. The van der Waals surface area contributed by atoms with Gasteiger partial charge in [-0.1, -0.05) is 0 Å². The van der Waals surface area contributed by atoms with Crippen molar-refractivity contribution in [2.24, 2.45) is 0 Å². The molecule has 0 aromatic heterocycles. The molecule has 1 saturated heterocycles. The highest BCUT2D eigenvalue weighted by Gasteiger charge is 2.33. The van der Waals surface area contributed by atoms with Gasteiger partial charge in [0.2, 0.25) is 10.0 Å². The lowest BCUT2D eigenvalue weighted by molar-refractivity contribution is -0.895. The number of nitrogens with zero attached hydrogens (tertiary/aromatic N) is 1. The minimum Gasteiger partial charge on any atom is -0.336 e. The van der Waals surface area contributed by atoms with Crippen molar-refractivity contribution in [3.05, 3.63) is 29.8 Å². The van der Waals surface area contributed by atoms with E-state index in [1.54, 1.807) is 13.8 Å². The predicted molar refractivity (Wildman–Crippen MR) is 92.5 cm³/mol. The molecule has 0 aliphatic carbocycles. The number of carbonyl (C=O) groups excluding carboxylic acids is 2. The highest BCUT2D eigenvalue weighted by atomic mass is 32.2. The van der Waals surface area contributed by atoms with E-state index in [1.165, 1.54) is 0 Å². The molecular formula is C16H23F2N4O4S+. The molecule has 1 heterocycles. The summed E-state index contributed by atoms with van der Waals surface area (Å²) in [4.78, 5) is 23.6. The highest BCUT2D eigenvalue weighted by molar-refractivity contribution is 7.89. The van der Waals surface area contributed by atoms with Gasteiger partial charge in [0.25, 0.3) is 5.91 Å². The summed E-state index contributed by atoms with van der Waals surface area (Å²) in [7, 11) is -4.08. The quantitative estimate of drug-likeness (QED) is 0.591. The lowest BCUT2D eigenvalue weighted by Gasteiger charge is -2.31. The van der Waals surface area contributed by atoms with E-state index in [1.807, 2.05) is 0 Å². The third-order valence-electron chi connectivity index (χ3n) is 4.02. The first-order valence-electron chi connectivity index (χ1n) is 8.48. The van der Waals surface area contributed by atoms with Crippen LogP contribution in [-0.2, 0) is 14.8 Å². The van der Waals surface area contributed by atoms with E-state index in [2.05, 4.69) is 10.6 Å². The van der Waals surface area contributed by atoms with E-state index in [0.717, 1.165) is 21.3 Å². The number of halogens is 2. The fourth-order valence-electron chi connectivity index (χ4n) is 2.74. The molecule has 3 amide bonds. The zero-order chi connectivity index (χ0) is 20.2. The first-order chi connectivity index (χ1) is 12.6. The molecule has 0 unspecified atom stereocenters. The number of nitrogens with one attached hydrogen (secondary N) is 3. The number of hydrogen-bond donors (Lipinski definition) is 3. The van der Waals surface area contributed by atoms with E-state index in [9.17, 15) is 26.8 Å². The van der Waals surface area contributed by atoms with E-state index in [-0.39, 0.29) is 25.7 Å². The van der Waals surface area contributed by atoms with Crippen molar-refractivity contribution < 1.29 is 31.7 Å². The molecule has 1 fully saturated rings. The van der Waals surface area contributed by atoms with Gasteiger partial charge in [0.1, 0.15) is 16.5 Å². The van der Waals surface area contributed by atoms with Gasteiger partial charge in [0.05, 0.1) is 26.2 Å². The number of urea groups is 1. The van der Waals surface area contributed by atoms with E-state index in [4.69, 9.17) is 0 Å². The number of sulfonamides is 1. The summed E-state index contributed by atoms with van der Waals surface area (Å²) in [5.41, 5.74) is 0. The Kier molecular flexibility index (Phi) is 6.84. The summed E-state index contributed by atoms with van der Waals surface area (Å²) in [5, 5.41) is 4.75. The molecule has 3 N–H and O–H groups in total. The monoisotopic (exact) mass is 405 g/mol. The Morgan fingerprint density at radius 2 is 1.85 bits per heavy atom. The molecule has 1 aliphatic heterocycles. The summed E-state index contributed by atoms with van der Waals surface area (Å²) in [6, 6.07) is 1.64. The molecule has 27 heavy (non-hydrogen) atoms. The molecule has 1 aromatic carbocycles. The van der Waals surface area contributed by atoms with E-state index < -0.39 is 38.5 Å². The van der Waals surface area contributed by atoms with Crippen LogP contribution in [0.2, 0.25) is 0 Å². The van der Waals surface area contributed by atoms with Crippen LogP contribution in [0, 0.1) is 11.6 Å². The molecule has 0 atom stereocenters. The van der Waals surface area contributed by atoms with Gasteiger partial charge in [0, 0.05) is 12.1 Å². The van der Waals surface area contributed by atoms with Crippen LogP contribution in [0.4, 0.5) is 13.6 Å². The number of benzene rings is 1. The normalized spacial score (nSPS) is 16.3. The number of carbonyl (C=O) groups is 2. The Labute approximate surface area is 156 Å². The molecule has 8 nitrogen and oxygen atoms in total. The van der Waals surface area contributed by atoms with Crippen molar-refractivity contribution in [2.75, 3.05) is 32.7 Å². The Balaban J connectivity index is 1.91. The molecule has 0 radical (unpaired) electrons. The highest BCUT2D eigenvalue weighted by Crippen LogP contribution is 2.20. The Morgan fingerprint density at radius 3 is 2.41 bits per heavy atom. The number of piperazine rings is 1. The van der Waals surface area contributed by atoms with Crippen molar-refractivity contribution in [3.8, 4) is 0 Å². The van der Waals surface area contributed by atoms with Gasteiger partial charge in [-0.15, -0.1) is 0 Å². The second kappa shape index (κ2) is 8.72. The molecular weight excluding hydrogens is 382 g/mol. The smallest absolute Gasteiger partial charge is 0.321 e. The van der Waals surface area contributed by atoms with Gasteiger partial charge in [-0.05, 0) is 26.0 Å². The Hall–Kier alpha value is -2.11. The lowest BCUT2D eigenvalue weighted by Crippen LogP contribution is -3.15. The zero-order valence-electron chi connectivity index (χ0n) is 15.1. The minimum absolute atomic E-state index is 0.0182. The van der Waals surface area contributed by atoms with Crippen LogP contribution < -0.4 is 15.5 Å². The number of quaternary nitrogens is 1. The molecule has 11 heteroatoms. The van der Waals surface area contributed by atoms with Gasteiger partial charge >= 0.3 is 6.03 Å². The third-order valence-corrected chi connectivity index (χ3v) is 5.96. The van der Waals surface area contributed by atoms with Crippen LogP contribution in [0.1, 0.15) is 13.8 Å². The van der Waals surface area contributed by atoms with Gasteiger partial charge in [0.15, 0.2) is 6.54 Å². The molecule has 0 bridgehead atoms. The number of hydrogen-bond acceptors (Lipinski definition) is 4. The van der Waals surface area contributed by atoms with E-state index in [0.29, 0.717) is 19.2 Å². The average Bonchev–Trinajstić information content (AvgIpc) is 2.53. The SMILES string of the molecule is CC(C)NC(=O)NC(=O)C[NH+]1CCN(S(=O)(=O)c2ccc(F)cc2F)CC1. The topological polar surface area (TPSA) is 100 Å². The van der Waals surface area contributed by atoms with Crippen LogP contribution in [0.25, 0.3) is 0 Å². The van der Waals surface area contributed by atoms with Crippen molar-refractivity contribution in [3.63, 3.8) is 0 Å². The van der Waals surface area contributed by atoms with Gasteiger partial charge < -0.3 is 10.2 Å². The first kappa shape index (κ1) is 21.2. The second-order valence-electron chi connectivity index (χ2n) is 6.58. The Morgan fingerprint density at radius 1 is 1.22 bits per heavy atom. The van der Waals surface area contributed by atoms with E-state index >= 15 is 0 Å². The standard InChI is InChI=1S/C16H22F2N4O4S/c1-11(2)19-16(24)20-15(23)10-21-5-7-22(8-6-21)27(25,26)14-4-3-12(17)9-13(14)18/h3-4,9,11H,5-8,10H2,1-2H3,(H2,19,20,23,24)/p+1. The van der Waals surface area contributed by atoms with Crippen LogP contribution in [-0.4, -0.2) is 63.4 Å². The predicted octanol–water partition coefficient (Wildman–Crippen LogP) is -0.912. The number of imide groups is 1. The zero-order valence-corrected chi connectivity index (χ0v) is 15.9. The fraction of sp³-hybridized carbons (Fsp3) is 0.500. The van der Waals surface area contributed by atoms with Crippen LogP contribution in [0.15, 0.2) is 23.1 Å². The van der Waals surface area contributed by atoms with Crippen molar-refractivity contribution >= 4 is 22.0 Å². The number of amides is 3. The van der Waals surface area contributed by atoms with Crippen LogP contribution in [0.5, 0.6) is 0 Å². The van der Waals surface area contributed by atoms with Gasteiger partial charge in [-0.25, -0.2) is 22.0 Å². The van der Waals surface area contributed by atoms with Crippen molar-refractivity contribution in [1.82, 2.24) is 14.9 Å². The van der Waals surface area contributed by atoms with Gasteiger partial charge in [-0.3, -0.25) is 10.1 Å². The molecule has 2 rings (SSSR count). The summed E-state index contributed by atoms with van der Waals surface area (Å²) >= 11 is 0.